The minimum atomic E-state index is 1.15. The third-order valence-electron chi connectivity index (χ3n) is 14.8. The molecule has 0 saturated heterocycles. The number of hydrogen-bond donors (Lipinski definition) is 0. The van der Waals surface area contributed by atoms with Gasteiger partial charge in [-0.25, -0.2) is 0 Å². The molecule has 0 N–H and O–H groups in total. The first kappa shape index (κ1) is 43.0. The topological polar surface area (TPSA) is 0 Å². The highest BCUT2D eigenvalue weighted by Crippen LogP contribution is 2.46. The smallest absolute Gasteiger partial charge is 0.00264 e. The molecule has 13 aromatic rings. The highest BCUT2D eigenvalue weighted by molar-refractivity contribution is 6.23. The van der Waals surface area contributed by atoms with Crippen molar-refractivity contribution >= 4 is 88.9 Å². The molecule has 0 unspecified atom stereocenters. The molecule has 0 nitrogen and oxygen atoms in total. The molecule has 0 aliphatic rings. The van der Waals surface area contributed by atoms with Gasteiger partial charge in [-0.2, -0.15) is 0 Å². The van der Waals surface area contributed by atoms with Crippen molar-refractivity contribution in [3.05, 3.63) is 276 Å². The van der Waals surface area contributed by atoms with E-state index in [2.05, 4.69) is 281 Å². The molecule has 338 valence electrons. The van der Waals surface area contributed by atoms with Crippen molar-refractivity contribution in [2.45, 2.75) is 13.8 Å². The average Bonchev–Trinajstić information content (AvgIpc) is 3.43. The zero-order chi connectivity index (χ0) is 48.1. The molecule has 0 saturated carbocycles. The number of fused-ring (bicyclic) bond motifs is 7. The van der Waals surface area contributed by atoms with Crippen molar-refractivity contribution in [2.75, 3.05) is 0 Å². The Morgan fingerprint density at radius 2 is 0.472 bits per heavy atom. The zero-order valence-corrected chi connectivity index (χ0v) is 40.4. The first-order chi connectivity index (χ1) is 35.6. The molecule has 0 spiro atoms. The molecular formula is C72H50. The molecule has 0 fully saturated rings. The number of aryl methyl sites for hydroxylation is 2. The predicted molar refractivity (Wildman–Crippen MR) is 313 cm³/mol. The van der Waals surface area contributed by atoms with Gasteiger partial charge in [-0.3, -0.25) is 0 Å². The van der Waals surface area contributed by atoms with E-state index in [4.69, 9.17) is 0 Å². The molecular weight excluding hydrogens is 865 g/mol. The van der Waals surface area contributed by atoms with Crippen LogP contribution in [0, 0.1) is 13.8 Å². The summed E-state index contributed by atoms with van der Waals surface area (Å²) in [6.07, 6.45) is 9.27. The third-order valence-corrected chi connectivity index (χ3v) is 14.8. The highest BCUT2D eigenvalue weighted by Gasteiger charge is 2.19. The second kappa shape index (κ2) is 18.0. The van der Waals surface area contributed by atoms with Gasteiger partial charge >= 0.3 is 0 Å². The van der Waals surface area contributed by atoms with E-state index in [-0.39, 0.29) is 0 Å². The molecule has 13 aromatic carbocycles. The van der Waals surface area contributed by atoms with Gasteiger partial charge in [-0.05, 0) is 145 Å². The summed E-state index contributed by atoms with van der Waals surface area (Å²) >= 11 is 0. The maximum Gasteiger partial charge on any atom is -0.00264 e. The molecule has 0 aliphatic carbocycles. The van der Waals surface area contributed by atoms with Gasteiger partial charge < -0.3 is 0 Å². The van der Waals surface area contributed by atoms with E-state index < -0.39 is 0 Å². The maximum absolute atomic E-state index is 2.36. The highest BCUT2D eigenvalue weighted by atomic mass is 14.2. The van der Waals surface area contributed by atoms with Crippen LogP contribution in [0.2, 0.25) is 0 Å². The lowest BCUT2D eigenvalue weighted by Gasteiger charge is -2.18. The maximum atomic E-state index is 2.36. The molecule has 72 heavy (non-hydrogen) atoms. The van der Waals surface area contributed by atoms with E-state index in [1.165, 1.54) is 131 Å². The second-order valence-electron chi connectivity index (χ2n) is 19.3. The van der Waals surface area contributed by atoms with Gasteiger partial charge in [0.1, 0.15) is 0 Å². The fourth-order valence-corrected chi connectivity index (χ4v) is 11.5. The van der Waals surface area contributed by atoms with E-state index >= 15 is 0 Å². The van der Waals surface area contributed by atoms with Crippen LogP contribution in [0.25, 0.3) is 133 Å². The van der Waals surface area contributed by atoms with Crippen molar-refractivity contribution in [3.8, 4) is 44.5 Å². The molecule has 0 radical (unpaired) electrons. The Balaban J connectivity index is 0.904. The Kier molecular flexibility index (Phi) is 10.7. The molecule has 13 rings (SSSR count). The van der Waals surface area contributed by atoms with Gasteiger partial charge in [0.05, 0.1) is 0 Å². The normalized spacial score (nSPS) is 11.9. The molecule has 0 heterocycles. The Morgan fingerprint density at radius 3 is 0.764 bits per heavy atom. The van der Waals surface area contributed by atoms with E-state index in [0.29, 0.717) is 0 Å². The van der Waals surface area contributed by atoms with Crippen LogP contribution >= 0.6 is 0 Å². The molecule has 0 atom stereocenters. The van der Waals surface area contributed by atoms with Crippen LogP contribution < -0.4 is 0 Å². The minimum Gasteiger partial charge on any atom is -0.0622 e. The number of benzene rings is 13. The Morgan fingerprint density at radius 1 is 0.208 bits per heavy atom. The first-order valence-corrected chi connectivity index (χ1v) is 25.1. The van der Waals surface area contributed by atoms with Crippen LogP contribution in [0.15, 0.2) is 243 Å². The number of hydrogen-bond acceptors (Lipinski definition) is 0. The second-order valence-corrected chi connectivity index (χ2v) is 19.3. The third kappa shape index (κ3) is 7.48. The SMILES string of the molecule is Cc1ccc2c(c1)c(/C=C/c1ccc(-c3c4ccccc4c(-c4ccccc4)c4ccccc34)cc1)c(/C=C/c1ccc(-c3c4ccccc4c(-c4ccccc4)c4ccccc34)cc1)c1cc(C)ccc12. The summed E-state index contributed by atoms with van der Waals surface area (Å²) in [4.78, 5) is 0. The Labute approximate surface area is 421 Å². The molecule has 0 bridgehead atoms. The summed E-state index contributed by atoms with van der Waals surface area (Å²) in [7, 11) is 0. The van der Waals surface area contributed by atoms with E-state index in [9.17, 15) is 0 Å². The molecule has 0 heteroatoms. The van der Waals surface area contributed by atoms with Crippen LogP contribution in [0.5, 0.6) is 0 Å². The van der Waals surface area contributed by atoms with Crippen LogP contribution in [-0.2, 0) is 0 Å². The van der Waals surface area contributed by atoms with Crippen molar-refractivity contribution < 1.29 is 0 Å². The van der Waals surface area contributed by atoms with Crippen molar-refractivity contribution in [1.29, 1.82) is 0 Å². The van der Waals surface area contributed by atoms with Gasteiger partial charge in [0, 0.05) is 0 Å². The van der Waals surface area contributed by atoms with Gasteiger partial charge in [-0.1, -0.05) is 278 Å². The van der Waals surface area contributed by atoms with Gasteiger partial charge in [-0.15, -0.1) is 0 Å². The van der Waals surface area contributed by atoms with E-state index in [1.54, 1.807) is 0 Å². The Bertz CT molecular complexity index is 3890. The van der Waals surface area contributed by atoms with Crippen molar-refractivity contribution in [3.63, 3.8) is 0 Å². The van der Waals surface area contributed by atoms with Crippen molar-refractivity contribution in [2.24, 2.45) is 0 Å². The summed E-state index contributed by atoms with van der Waals surface area (Å²) in [5.41, 5.74) is 17.2. The quantitative estimate of drug-likeness (QED) is 0.0809. The molecule has 0 amide bonds. The van der Waals surface area contributed by atoms with Gasteiger partial charge in [0.2, 0.25) is 0 Å². The fourth-order valence-electron chi connectivity index (χ4n) is 11.5. The molecule has 0 aliphatic heterocycles. The largest absolute Gasteiger partial charge is 0.0622 e. The Hall–Kier alpha value is -9.10. The van der Waals surface area contributed by atoms with E-state index in [1.807, 2.05) is 0 Å². The molecule has 0 aromatic heterocycles. The lowest BCUT2D eigenvalue weighted by atomic mass is 9.86. The standard InChI is InChI=1S/C72H50/c1-47-29-41-55-56-42-30-48(2)46-68(56)58(44-36-50-33-39-54(40-34-50)72-65-27-15-11-23-61(65)70(52-19-7-4-8-20-52)62-24-12-16-28-66(62)72)57(67(55)45-47)43-35-49-31-37-53(38-32-49)71-63-25-13-9-21-59(63)69(51-17-5-3-6-18-51)60-22-10-14-26-64(60)71/h3-46H,1-2H3/b43-35+,44-36+. The summed E-state index contributed by atoms with van der Waals surface area (Å²) < 4.78 is 0. The monoisotopic (exact) mass is 914 g/mol. The summed E-state index contributed by atoms with van der Waals surface area (Å²) in [5.74, 6) is 0. The summed E-state index contributed by atoms with van der Waals surface area (Å²) in [6.45, 7) is 4.40. The van der Waals surface area contributed by atoms with Crippen molar-refractivity contribution in [1.82, 2.24) is 0 Å². The van der Waals surface area contributed by atoms with Crippen LogP contribution in [-0.4, -0.2) is 0 Å². The number of rotatable bonds is 8. The summed E-state index contributed by atoms with van der Waals surface area (Å²) in [6, 6.07) is 89.3. The first-order valence-electron chi connectivity index (χ1n) is 25.1. The fraction of sp³-hybridized carbons (Fsp3) is 0.0278. The summed E-state index contributed by atoms with van der Waals surface area (Å²) in [5, 5.41) is 15.1. The zero-order valence-electron chi connectivity index (χ0n) is 40.4. The minimum absolute atomic E-state index is 1.15. The van der Waals surface area contributed by atoms with Crippen LogP contribution in [0.4, 0.5) is 0 Å². The lowest BCUT2D eigenvalue weighted by molar-refractivity contribution is 1.49. The van der Waals surface area contributed by atoms with Crippen LogP contribution in [0.1, 0.15) is 33.4 Å². The predicted octanol–water partition coefficient (Wildman–Crippen LogP) is 20.2. The van der Waals surface area contributed by atoms with Gasteiger partial charge in [0.25, 0.3) is 0 Å². The lowest BCUT2D eigenvalue weighted by Crippen LogP contribution is -1.92. The van der Waals surface area contributed by atoms with E-state index in [0.717, 1.165) is 11.1 Å². The van der Waals surface area contributed by atoms with Gasteiger partial charge in [0.15, 0.2) is 0 Å². The average molecular weight is 915 g/mol. The van der Waals surface area contributed by atoms with Crippen LogP contribution in [0.3, 0.4) is 0 Å².